The summed E-state index contributed by atoms with van der Waals surface area (Å²) in [4.78, 5) is 26.8. The van der Waals surface area contributed by atoms with E-state index >= 15 is 0 Å². The van der Waals surface area contributed by atoms with Crippen molar-refractivity contribution in [1.29, 1.82) is 0 Å². The van der Waals surface area contributed by atoms with Crippen LogP contribution in [-0.2, 0) is 20.7 Å². The molecule has 2 heterocycles. The minimum atomic E-state index is -0.754. The van der Waals surface area contributed by atoms with Crippen LogP contribution in [0.2, 0.25) is 0 Å². The summed E-state index contributed by atoms with van der Waals surface area (Å²) in [6.07, 6.45) is 6.97. The number of nitrogens with zero attached hydrogens (tertiary/aromatic N) is 4. The molecule has 0 aliphatic rings. The number of rotatable bonds is 10. The van der Waals surface area contributed by atoms with E-state index in [9.17, 15) is 13.6 Å². The van der Waals surface area contributed by atoms with Gasteiger partial charge in [0.2, 0.25) is 0 Å². The molecule has 3 atom stereocenters. The Hall–Kier alpha value is -2.65. The molecule has 0 saturated heterocycles. The summed E-state index contributed by atoms with van der Waals surface area (Å²) in [5, 5.41) is 0. The SMILES string of the molecule is CCOC(/C=C/c1ncc(F)cn1)OC(C)C(C=O)Cc1ncc(F)cn1. The van der Waals surface area contributed by atoms with Crippen LogP contribution in [-0.4, -0.2) is 45.2 Å². The average Bonchev–Trinajstić information content (AvgIpc) is 2.67. The van der Waals surface area contributed by atoms with Gasteiger partial charge in [-0.1, -0.05) is 0 Å². The standard InChI is InChI=1S/C18H20F2N4O3/c1-3-26-18(5-4-16-21-7-14(19)8-22-16)27-12(2)13(11-25)6-17-23-9-15(20)10-24-17/h4-5,7-13,18H,3,6H2,1-2H3/b5-4+. The molecule has 7 nitrogen and oxygen atoms in total. The lowest BCUT2D eigenvalue weighted by Crippen LogP contribution is -2.30. The van der Waals surface area contributed by atoms with Gasteiger partial charge >= 0.3 is 0 Å². The third-order valence-electron chi connectivity index (χ3n) is 3.59. The summed E-state index contributed by atoms with van der Waals surface area (Å²) in [6, 6.07) is 0. The van der Waals surface area contributed by atoms with Gasteiger partial charge in [0.25, 0.3) is 0 Å². The first-order chi connectivity index (χ1) is 13.0. The topological polar surface area (TPSA) is 87.1 Å². The van der Waals surface area contributed by atoms with Crippen LogP contribution in [0.5, 0.6) is 0 Å². The second kappa shape index (κ2) is 10.5. The first-order valence-corrected chi connectivity index (χ1v) is 8.36. The molecule has 0 spiro atoms. The van der Waals surface area contributed by atoms with Crippen molar-refractivity contribution in [3.63, 3.8) is 0 Å². The summed E-state index contributed by atoms with van der Waals surface area (Å²) in [7, 11) is 0. The largest absolute Gasteiger partial charge is 0.349 e. The van der Waals surface area contributed by atoms with Crippen molar-refractivity contribution in [2.24, 2.45) is 5.92 Å². The Bertz CT molecular complexity index is 741. The average molecular weight is 378 g/mol. The molecule has 144 valence electrons. The van der Waals surface area contributed by atoms with Gasteiger partial charge in [-0.2, -0.15) is 0 Å². The van der Waals surface area contributed by atoms with Gasteiger partial charge in [-0.15, -0.1) is 0 Å². The van der Waals surface area contributed by atoms with Crippen molar-refractivity contribution in [3.8, 4) is 0 Å². The predicted molar refractivity (Wildman–Crippen MR) is 92.2 cm³/mol. The molecule has 9 heteroatoms. The fourth-order valence-electron chi connectivity index (χ4n) is 2.17. The van der Waals surface area contributed by atoms with Crippen LogP contribution in [0.3, 0.4) is 0 Å². The fourth-order valence-corrected chi connectivity index (χ4v) is 2.17. The predicted octanol–water partition coefficient (Wildman–Crippen LogP) is 2.38. The van der Waals surface area contributed by atoms with Crippen molar-refractivity contribution in [2.45, 2.75) is 32.7 Å². The van der Waals surface area contributed by atoms with E-state index in [1.54, 1.807) is 19.9 Å². The van der Waals surface area contributed by atoms with Crippen molar-refractivity contribution in [1.82, 2.24) is 19.9 Å². The molecule has 0 radical (unpaired) electrons. The maximum Gasteiger partial charge on any atom is 0.177 e. The first-order valence-electron chi connectivity index (χ1n) is 8.36. The smallest absolute Gasteiger partial charge is 0.177 e. The number of aromatic nitrogens is 4. The molecule has 0 bridgehead atoms. The molecule has 27 heavy (non-hydrogen) atoms. The van der Waals surface area contributed by atoms with E-state index in [0.29, 0.717) is 18.3 Å². The highest BCUT2D eigenvalue weighted by atomic mass is 19.1. The van der Waals surface area contributed by atoms with Crippen molar-refractivity contribution < 1.29 is 23.0 Å². The normalized spacial score (nSPS) is 14.8. The second-order valence-corrected chi connectivity index (χ2v) is 5.61. The van der Waals surface area contributed by atoms with Crippen LogP contribution in [0.4, 0.5) is 8.78 Å². The van der Waals surface area contributed by atoms with Crippen LogP contribution in [0.15, 0.2) is 30.9 Å². The maximum atomic E-state index is 12.9. The van der Waals surface area contributed by atoms with Crippen molar-refractivity contribution in [2.75, 3.05) is 6.61 Å². The molecule has 3 unspecified atom stereocenters. The Morgan fingerprint density at radius 3 is 2.22 bits per heavy atom. The van der Waals surface area contributed by atoms with Crippen molar-refractivity contribution in [3.05, 3.63) is 54.1 Å². The molecule has 2 aromatic rings. The van der Waals surface area contributed by atoms with Crippen LogP contribution in [0.25, 0.3) is 6.08 Å². The van der Waals surface area contributed by atoms with Gasteiger partial charge in [0.1, 0.15) is 12.1 Å². The highest BCUT2D eigenvalue weighted by molar-refractivity contribution is 5.54. The van der Waals surface area contributed by atoms with Crippen molar-refractivity contribution >= 4 is 12.4 Å². The highest BCUT2D eigenvalue weighted by Crippen LogP contribution is 2.14. The number of hydrogen-bond donors (Lipinski definition) is 0. The Labute approximate surface area is 155 Å². The Kier molecular flexibility index (Phi) is 8.02. The van der Waals surface area contributed by atoms with Gasteiger partial charge in [0.15, 0.2) is 23.7 Å². The van der Waals surface area contributed by atoms with Crippen LogP contribution in [0, 0.1) is 17.6 Å². The lowest BCUT2D eigenvalue weighted by atomic mass is 10.0. The highest BCUT2D eigenvalue weighted by Gasteiger charge is 2.22. The number of carbonyl (C=O) groups excluding carboxylic acids is 1. The van der Waals surface area contributed by atoms with E-state index in [-0.39, 0.29) is 6.42 Å². The summed E-state index contributed by atoms with van der Waals surface area (Å²) < 4.78 is 37.0. The van der Waals surface area contributed by atoms with Gasteiger partial charge in [-0.3, -0.25) is 0 Å². The molecular weight excluding hydrogens is 358 g/mol. The minimum absolute atomic E-state index is 0.203. The van der Waals surface area contributed by atoms with E-state index in [4.69, 9.17) is 9.47 Å². The monoisotopic (exact) mass is 378 g/mol. The molecule has 0 aliphatic heterocycles. The number of halogens is 2. The van der Waals surface area contributed by atoms with Gasteiger partial charge in [0.05, 0.1) is 30.9 Å². The molecule has 0 aliphatic carbocycles. The van der Waals surface area contributed by atoms with Crippen LogP contribution >= 0.6 is 0 Å². The van der Waals surface area contributed by atoms with Gasteiger partial charge in [-0.25, -0.2) is 28.7 Å². The van der Waals surface area contributed by atoms with E-state index in [1.165, 1.54) is 6.08 Å². The number of carbonyl (C=O) groups is 1. The quantitative estimate of drug-likeness (QED) is 0.463. The van der Waals surface area contributed by atoms with E-state index in [0.717, 1.165) is 31.1 Å². The molecule has 2 aromatic heterocycles. The van der Waals surface area contributed by atoms with E-state index in [1.807, 2.05) is 0 Å². The van der Waals surface area contributed by atoms with Crippen LogP contribution in [0.1, 0.15) is 25.5 Å². The van der Waals surface area contributed by atoms with E-state index < -0.39 is 29.9 Å². The lowest BCUT2D eigenvalue weighted by Gasteiger charge is -2.23. The molecule has 0 saturated carbocycles. The second-order valence-electron chi connectivity index (χ2n) is 5.61. The Morgan fingerprint density at radius 1 is 1.07 bits per heavy atom. The third kappa shape index (κ3) is 6.87. The number of aldehydes is 1. The third-order valence-corrected chi connectivity index (χ3v) is 3.59. The lowest BCUT2D eigenvalue weighted by molar-refractivity contribution is -0.151. The summed E-state index contributed by atoms with van der Waals surface area (Å²) in [5.74, 6) is -0.990. The number of hydrogen-bond acceptors (Lipinski definition) is 7. The molecule has 0 N–H and O–H groups in total. The Morgan fingerprint density at radius 2 is 1.67 bits per heavy atom. The molecule has 2 rings (SSSR count). The molecular formula is C18H20F2N4O3. The summed E-state index contributed by atoms with van der Waals surface area (Å²) >= 11 is 0. The Balaban J connectivity index is 2.00. The van der Waals surface area contributed by atoms with Crippen LogP contribution < -0.4 is 0 Å². The summed E-state index contributed by atoms with van der Waals surface area (Å²) in [5.41, 5.74) is 0. The zero-order chi connectivity index (χ0) is 19.6. The van der Waals surface area contributed by atoms with Gasteiger partial charge in [0, 0.05) is 18.9 Å². The van der Waals surface area contributed by atoms with Gasteiger partial charge in [-0.05, 0) is 26.0 Å². The zero-order valence-electron chi connectivity index (χ0n) is 15.0. The fraction of sp³-hybridized carbons (Fsp3) is 0.389. The van der Waals surface area contributed by atoms with E-state index in [2.05, 4.69) is 19.9 Å². The summed E-state index contributed by atoms with van der Waals surface area (Å²) in [6.45, 7) is 3.89. The van der Waals surface area contributed by atoms with Gasteiger partial charge < -0.3 is 14.3 Å². The minimum Gasteiger partial charge on any atom is -0.349 e. The molecule has 0 amide bonds. The molecule has 0 fully saturated rings. The molecule has 0 aromatic carbocycles. The zero-order valence-corrected chi connectivity index (χ0v) is 15.0. The number of ether oxygens (including phenoxy) is 2. The first kappa shape index (κ1) is 20.7. The maximum absolute atomic E-state index is 12.9.